The van der Waals surface area contributed by atoms with Gasteiger partial charge in [-0.1, -0.05) is 13.8 Å². The maximum absolute atomic E-state index is 2.40. The highest BCUT2D eigenvalue weighted by Crippen LogP contribution is 2.25. The van der Waals surface area contributed by atoms with Crippen molar-refractivity contribution in [1.82, 2.24) is 0 Å². The number of benzene rings is 1. The fourth-order valence-electron chi connectivity index (χ4n) is 1.27. The Hall–Kier alpha value is 0.680. The second-order valence-electron chi connectivity index (χ2n) is 3.26. The Bertz CT molecular complexity index is 290. The molecule has 0 aromatic heterocycles. The van der Waals surface area contributed by atoms with Gasteiger partial charge in [-0.3, -0.25) is 0 Å². The van der Waals surface area contributed by atoms with E-state index in [9.17, 15) is 0 Å². The SMILES string of the molecule is Cc1c(I)cc(I)cc1C(C)C. The van der Waals surface area contributed by atoms with E-state index in [-0.39, 0.29) is 0 Å². The van der Waals surface area contributed by atoms with Gasteiger partial charge in [0.15, 0.2) is 0 Å². The second-order valence-corrected chi connectivity index (χ2v) is 5.66. The molecule has 0 nitrogen and oxygen atoms in total. The Kier molecular flexibility index (Phi) is 3.82. The molecular weight excluding hydrogens is 374 g/mol. The molecule has 0 N–H and O–H groups in total. The maximum Gasteiger partial charge on any atom is 0.0172 e. The van der Waals surface area contributed by atoms with E-state index >= 15 is 0 Å². The van der Waals surface area contributed by atoms with Crippen LogP contribution in [0.2, 0.25) is 0 Å². The van der Waals surface area contributed by atoms with E-state index in [1.54, 1.807) is 0 Å². The highest BCUT2D eigenvalue weighted by molar-refractivity contribution is 14.1. The molecule has 1 rings (SSSR count). The predicted octanol–water partition coefficient (Wildman–Crippen LogP) is 4.33. The summed E-state index contributed by atoms with van der Waals surface area (Å²) in [7, 11) is 0. The topological polar surface area (TPSA) is 0 Å². The van der Waals surface area contributed by atoms with Crippen LogP contribution in [0.3, 0.4) is 0 Å². The van der Waals surface area contributed by atoms with E-state index in [0.717, 1.165) is 0 Å². The van der Waals surface area contributed by atoms with Crippen LogP contribution in [0, 0.1) is 14.1 Å². The second kappa shape index (κ2) is 4.26. The molecule has 0 aliphatic rings. The number of hydrogen-bond donors (Lipinski definition) is 0. The van der Waals surface area contributed by atoms with Gasteiger partial charge in [-0.05, 0) is 81.3 Å². The zero-order chi connectivity index (χ0) is 9.30. The monoisotopic (exact) mass is 386 g/mol. The summed E-state index contributed by atoms with van der Waals surface area (Å²) in [4.78, 5) is 0. The van der Waals surface area contributed by atoms with Gasteiger partial charge in [-0.15, -0.1) is 0 Å². The molecule has 0 heterocycles. The number of halogens is 2. The highest BCUT2D eigenvalue weighted by atomic mass is 127. The first kappa shape index (κ1) is 10.8. The van der Waals surface area contributed by atoms with E-state index in [0.29, 0.717) is 5.92 Å². The van der Waals surface area contributed by atoms with Gasteiger partial charge >= 0.3 is 0 Å². The largest absolute Gasteiger partial charge is 0.0587 e. The summed E-state index contributed by atoms with van der Waals surface area (Å²) in [6.07, 6.45) is 0. The lowest BCUT2D eigenvalue weighted by molar-refractivity contribution is 0.853. The fourth-order valence-corrected chi connectivity index (χ4v) is 3.16. The first-order chi connectivity index (χ1) is 5.52. The van der Waals surface area contributed by atoms with Gasteiger partial charge in [-0.2, -0.15) is 0 Å². The average Bonchev–Trinajstić information content (AvgIpc) is 1.96. The van der Waals surface area contributed by atoms with Crippen LogP contribution in [0.25, 0.3) is 0 Å². The Morgan fingerprint density at radius 1 is 1.17 bits per heavy atom. The summed E-state index contributed by atoms with van der Waals surface area (Å²) in [6.45, 7) is 6.69. The van der Waals surface area contributed by atoms with Crippen LogP contribution in [0.5, 0.6) is 0 Å². The van der Waals surface area contributed by atoms with E-state index < -0.39 is 0 Å². The average molecular weight is 386 g/mol. The molecule has 0 bridgehead atoms. The first-order valence-electron chi connectivity index (χ1n) is 3.98. The van der Waals surface area contributed by atoms with E-state index in [2.05, 4.69) is 78.1 Å². The smallest absolute Gasteiger partial charge is 0.0172 e. The van der Waals surface area contributed by atoms with Gasteiger partial charge in [-0.25, -0.2) is 0 Å². The molecule has 0 aliphatic carbocycles. The quantitative estimate of drug-likeness (QED) is 0.631. The molecule has 0 fully saturated rings. The fraction of sp³-hybridized carbons (Fsp3) is 0.400. The summed E-state index contributed by atoms with van der Waals surface area (Å²) in [5.74, 6) is 0.633. The number of hydrogen-bond acceptors (Lipinski definition) is 0. The molecular formula is C10H12I2. The highest BCUT2D eigenvalue weighted by Gasteiger charge is 2.06. The van der Waals surface area contributed by atoms with Crippen molar-refractivity contribution in [2.24, 2.45) is 0 Å². The van der Waals surface area contributed by atoms with Crippen LogP contribution in [0.4, 0.5) is 0 Å². The van der Waals surface area contributed by atoms with Crippen molar-refractivity contribution in [2.75, 3.05) is 0 Å². The summed E-state index contributed by atoms with van der Waals surface area (Å²) >= 11 is 4.78. The van der Waals surface area contributed by atoms with E-state index in [4.69, 9.17) is 0 Å². The van der Waals surface area contributed by atoms with Gasteiger partial charge in [0.2, 0.25) is 0 Å². The predicted molar refractivity (Wildman–Crippen MR) is 70.7 cm³/mol. The van der Waals surface area contributed by atoms with Crippen LogP contribution in [-0.2, 0) is 0 Å². The minimum Gasteiger partial charge on any atom is -0.0587 e. The van der Waals surface area contributed by atoms with Crippen LogP contribution in [0.15, 0.2) is 12.1 Å². The van der Waals surface area contributed by atoms with Gasteiger partial charge in [0.1, 0.15) is 0 Å². The zero-order valence-electron chi connectivity index (χ0n) is 7.49. The third-order valence-electron chi connectivity index (χ3n) is 1.97. The van der Waals surface area contributed by atoms with Crippen molar-refractivity contribution in [3.63, 3.8) is 0 Å². The Labute approximate surface area is 101 Å². The van der Waals surface area contributed by atoms with Crippen molar-refractivity contribution in [3.05, 3.63) is 30.4 Å². The molecule has 1 aromatic rings. The third-order valence-corrected chi connectivity index (χ3v) is 3.71. The molecule has 0 aliphatic heterocycles. The molecule has 0 saturated heterocycles. The Balaban J connectivity index is 3.28. The lowest BCUT2D eigenvalue weighted by Crippen LogP contribution is -1.95. The summed E-state index contributed by atoms with van der Waals surface area (Å²) in [5.41, 5.74) is 2.91. The van der Waals surface area contributed by atoms with Gasteiger partial charge in [0.05, 0.1) is 0 Å². The molecule has 0 spiro atoms. The minimum atomic E-state index is 0.633. The molecule has 1 aromatic carbocycles. The van der Waals surface area contributed by atoms with Crippen molar-refractivity contribution in [3.8, 4) is 0 Å². The van der Waals surface area contributed by atoms with Crippen LogP contribution in [0.1, 0.15) is 30.9 Å². The maximum atomic E-state index is 2.40. The molecule has 2 heteroatoms. The van der Waals surface area contributed by atoms with E-state index in [1.807, 2.05) is 0 Å². The normalized spacial score (nSPS) is 10.8. The van der Waals surface area contributed by atoms with Crippen LogP contribution in [-0.4, -0.2) is 0 Å². The van der Waals surface area contributed by atoms with Gasteiger partial charge < -0.3 is 0 Å². The van der Waals surface area contributed by atoms with Crippen LogP contribution >= 0.6 is 45.2 Å². The van der Waals surface area contributed by atoms with Crippen LogP contribution < -0.4 is 0 Å². The van der Waals surface area contributed by atoms with Gasteiger partial charge in [0.25, 0.3) is 0 Å². The minimum absolute atomic E-state index is 0.633. The number of rotatable bonds is 1. The molecule has 0 radical (unpaired) electrons. The van der Waals surface area contributed by atoms with Crippen molar-refractivity contribution >= 4 is 45.2 Å². The zero-order valence-corrected chi connectivity index (χ0v) is 11.8. The first-order valence-corrected chi connectivity index (χ1v) is 6.13. The molecule has 0 amide bonds. The third kappa shape index (κ3) is 2.34. The summed E-state index contributed by atoms with van der Waals surface area (Å²) < 4.78 is 2.72. The Morgan fingerprint density at radius 2 is 1.75 bits per heavy atom. The summed E-state index contributed by atoms with van der Waals surface area (Å²) in [5, 5.41) is 0. The lowest BCUT2D eigenvalue weighted by atomic mass is 9.98. The van der Waals surface area contributed by atoms with Crippen molar-refractivity contribution in [2.45, 2.75) is 26.7 Å². The molecule has 0 atom stereocenters. The molecule has 0 unspecified atom stereocenters. The van der Waals surface area contributed by atoms with Crippen molar-refractivity contribution < 1.29 is 0 Å². The molecule has 66 valence electrons. The lowest BCUT2D eigenvalue weighted by Gasteiger charge is -2.11. The molecule has 12 heavy (non-hydrogen) atoms. The standard InChI is InChI=1S/C10H12I2/c1-6(2)9-4-8(11)5-10(12)7(9)3/h4-6H,1-3H3. The summed E-state index contributed by atoms with van der Waals surface area (Å²) in [6, 6.07) is 4.51. The molecule has 0 saturated carbocycles. The Morgan fingerprint density at radius 3 is 2.25 bits per heavy atom. The van der Waals surface area contributed by atoms with E-state index in [1.165, 1.54) is 18.3 Å². The van der Waals surface area contributed by atoms with Gasteiger partial charge in [0, 0.05) is 7.14 Å². The van der Waals surface area contributed by atoms with Crippen molar-refractivity contribution in [1.29, 1.82) is 0 Å².